The molecule has 0 aliphatic carbocycles. The van der Waals surface area contributed by atoms with E-state index in [1.54, 1.807) is 34.1 Å². The first-order valence-electron chi connectivity index (χ1n) is 25.3. The molecular weight excluding hydrogens is 865 g/mol. The molecule has 0 radical (unpaired) electrons. The summed E-state index contributed by atoms with van der Waals surface area (Å²) in [4.78, 5) is 32.6. The molecule has 16 heteroatoms. The third kappa shape index (κ3) is 15.5. The van der Waals surface area contributed by atoms with Crippen molar-refractivity contribution in [1.29, 1.82) is 0 Å². The zero-order valence-corrected chi connectivity index (χ0v) is 42.8. The third-order valence-electron chi connectivity index (χ3n) is 15.1. The van der Waals surface area contributed by atoms with Crippen LogP contribution in [0.25, 0.3) is 0 Å². The van der Waals surface area contributed by atoms with Crippen molar-refractivity contribution in [3.8, 4) is 0 Å². The average molecular weight is 953 g/mol. The van der Waals surface area contributed by atoms with Gasteiger partial charge in [-0.15, -0.1) is 0 Å². The van der Waals surface area contributed by atoms with Crippen molar-refractivity contribution >= 4 is 11.8 Å². The lowest BCUT2D eigenvalue weighted by atomic mass is 9.79. The molecule has 19 unspecified atom stereocenters. The summed E-state index contributed by atoms with van der Waals surface area (Å²) in [5.74, 6) is -2.08. The number of likely N-dealkylation sites (N-methyl/N-ethyl adjacent to an activating group) is 1. The second-order valence-electron chi connectivity index (χ2n) is 20.8. The van der Waals surface area contributed by atoms with E-state index in [2.05, 4.69) is 9.80 Å². The van der Waals surface area contributed by atoms with Gasteiger partial charge in [0.2, 0.25) is 0 Å². The number of rotatable bonds is 14. The summed E-state index contributed by atoms with van der Waals surface area (Å²) in [5, 5.41) is 33.6. The van der Waals surface area contributed by atoms with E-state index in [0.29, 0.717) is 25.7 Å². The number of methoxy groups -OCH3 is 2. The Balaban J connectivity index is 1.42. The molecule has 0 aromatic rings. The number of piperidine rings is 1. The predicted octanol–water partition coefficient (Wildman–Crippen LogP) is 5.18. The van der Waals surface area contributed by atoms with Gasteiger partial charge in [0.25, 0.3) is 0 Å². The van der Waals surface area contributed by atoms with Crippen molar-refractivity contribution in [1.82, 2.24) is 9.80 Å². The maximum absolute atomic E-state index is 14.1. The maximum atomic E-state index is 14.1. The summed E-state index contributed by atoms with van der Waals surface area (Å²) < 4.78 is 56.7. The number of esters is 1. The van der Waals surface area contributed by atoms with Gasteiger partial charge in [-0.25, -0.2) is 0 Å². The molecule has 0 aromatic carbocycles. The number of carbonyl (C=O) groups is 2. The molecule has 0 aromatic heterocycles. The number of cyclic esters (lactones) is 1. The van der Waals surface area contributed by atoms with Crippen LogP contribution in [0.3, 0.4) is 0 Å². The Labute approximate surface area is 401 Å². The van der Waals surface area contributed by atoms with Crippen molar-refractivity contribution in [2.45, 2.75) is 211 Å². The molecule has 3 N–H and O–H groups in total. The number of hydrogen-bond acceptors (Lipinski definition) is 16. The Kier molecular flexibility index (Phi) is 21.7. The fourth-order valence-corrected chi connectivity index (χ4v) is 10.9. The highest BCUT2D eigenvalue weighted by atomic mass is 16.7. The largest absolute Gasteiger partial charge is 0.462 e. The lowest BCUT2D eigenvalue weighted by Crippen LogP contribution is -2.60. The average Bonchev–Trinajstić information content (AvgIpc) is 3.28. The van der Waals surface area contributed by atoms with E-state index in [-0.39, 0.29) is 55.3 Å². The van der Waals surface area contributed by atoms with Gasteiger partial charge >= 0.3 is 5.97 Å². The highest BCUT2D eigenvalue weighted by molar-refractivity contribution is 5.91. The van der Waals surface area contributed by atoms with Gasteiger partial charge in [-0.1, -0.05) is 44.9 Å². The van der Waals surface area contributed by atoms with Crippen LogP contribution in [0.1, 0.15) is 120 Å². The Hall–Kier alpha value is -1.90. The van der Waals surface area contributed by atoms with Gasteiger partial charge in [0, 0.05) is 57.3 Å². The molecule has 386 valence electrons. The fraction of sp³-hybridized carbons (Fsp3) is 0.882. The minimum absolute atomic E-state index is 0.0138. The van der Waals surface area contributed by atoms with Crippen LogP contribution < -0.4 is 0 Å². The van der Waals surface area contributed by atoms with Gasteiger partial charge in [-0.05, 0) is 112 Å². The Morgan fingerprint density at radius 2 is 1.55 bits per heavy atom. The molecule has 0 bridgehead atoms. The highest BCUT2D eigenvalue weighted by Gasteiger charge is 2.48. The van der Waals surface area contributed by atoms with E-state index in [1.165, 1.54) is 6.42 Å². The van der Waals surface area contributed by atoms with Crippen LogP contribution in [0.5, 0.6) is 0 Å². The Morgan fingerprint density at radius 1 is 0.866 bits per heavy atom. The third-order valence-corrected chi connectivity index (χ3v) is 15.1. The molecule has 0 spiro atoms. The van der Waals surface area contributed by atoms with Crippen LogP contribution in [0, 0.1) is 23.7 Å². The lowest BCUT2D eigenvalue weighted by Gasteiger charge is -2.48. The molecule has 5 rings (SSSR count). The van der Waals surface area contributed by atoms with Crippen molar-refractivity contribution in [2.24, 2.45) is 23.7 Å². The maximum Gasteiger partial charge on any atom is 0.308 e. The van der Waals surface area contributed by atoms with Crippen LogP contribution in [-0.4, -0.2) is 183 Å². The lowest BCUT2D eigenvalue weighted by molar-refractivity contribution is -0.322. The standard InChI is InChI=1S/C51H88N2O14/c1-13-41-37(29-61-50-48(60-12)42(59-11)25-32(4)62-50)23-30(2)17-18-39(54)31(3)24-36(19-22-53-20-15-14-16-21-53)46(33(5)40(55)27-43(56)65-41)66-44-26-38(52(9)10)47(34(6)63-44)67-45-28-51(8,58)49(57)35(7)64-45/h17-18,23,31-38,40-42,44-50,55,57-58H,13-16,19-22,24-29H2,1-12H3/b18-17+,30-23+. The van der Waals surface area contributed by atoms with Gasteiger partial charge < -0.3 is 67.8 Å². The van der Waals surface area contributed by atoms with Crippen molar-refractivity contribution in [3.63, 3.8) is 0 Å². The number of ether oxygens (including phenoxy) is 9. The summed E-state index contributed by atoms with van der Waals surface area (Å²) >= 11 is 0. The minimum Gasteiger partial charge on any atom is -0.462 e. The van der Waals surface area contributed by atoms with Crippen LogP contribution in [-0.2, 0) is 52.2 Å². The van der Waals surface area contributed by atoms with Crippen LogP contribution in [0.4, 0.5) is 0 Å². The Bertz CT molecular complexity index is 1590. The number of hydrogen-bond donors (Lipinski definition) is 3. The first-order valence-corrected chi connectivity index (χ1v) is 25.3. The molecule has 0 amide bonds. The topological polar surface area (TPSA) is 184 Å². The number of aliphatic hydroxyl groups is 3. The smallest absolute Gasteiger partial charge is 0.308 e. The molecular formula is C51H88N2O14. The van der Waals surface area contributed by atoms with Gasteiger partial charge in [-0.2, -0.15) is 0 Å². The number of likely N-dealkylation sites (tertiary alicyclic amines) is 1. The number of allylic oxidation sites excluding steroid dienone is 3. The van der Waals surface area contributed by atoms with Crippen molar-refractivity contribution < 1.29 is 67.5 Å². The summed E-state index contributed by atoms with van der Waals surface area (Å²) in [6, 6.07) is -0.197. The zero-order valence-electron chi connectivity index (χ0n) is 42.8. The van der Waals surface area contributed by atoms with Crippen LogP contribution in [0.15, 0.2) is 23.8 Å². The summed E-state index contributed by atoms with van der Waals surface area (Å²) in [6.07, 6.45) is 3.53. The molecule has 4 saturated heterocycles. The fourth-order valence-electron chi connectivity index (χ4n) is 10.9. The van der Waals surface area contributed by atoms with Crippen molar-refractivity contribution in [2.75, 3.05) is 54.6 Å². The van der Waals surface area contributed by atoms with Crippen molar-refractivity contribution in [3.05, 3.63) is 23.8 Å². The van der Waals surface area contributed by atoms with Gasteiger partial charge in [-0.3, -0.25) is 9.59 Å². The van der Waals surface area contributed by atoms with Gasteiger partial charge in [0.1, 0.15) is 24.4 Å². The molecule has 67 heavy (non-hydrogen) atoms. The molecule has 5 heterocycles. The van der Waals surface area contributed by atoms with E-state index in [0.717, 1.165) is 44.5 Å². The normalized spacial score (nSPS) is 43.9. The number of nitrogens with zero attached hydrogens (tertiary/aromatic N) is 2. The number of ketones is 1. The van der Waals surface area contributed by atoms with E-state index in [4.69, 9.17) is 42.6 Å². The van der Waals surface area contributed by atoms with Gasteiger partial charge in [0.15, 0.2) is 24.7 Å². The SMILES string of the molecule is CCC1OC(=O)CC(O)C(C)C(OC2CC(N(C)C)C(OC3CC(C)(O)C(O)C(C)O3)C(C)O2)C(CCN2CCCCC2)CC(C)C(=O)/C=C/C(C)=C/C1COC1OC(C)CC(OC)C1OC. The summed E-state index contributed by atoms with van der Waals surface area (Å²) in [5.41, 5.74) is -0.572. The molecule has 5 aliphatic rings. The molecule has 19 atom stereocenters. The highest BCUT2D eigenvalue weighted by Crippen LogP contribution is 2.38. The first kappa shape index (κ1) is 56.0. The minimum atomic E-state index is -1.39. The van der Waals surface area contributed by atoms with Crippen LogP contribution >= 0.6 is 0 Å². The zero-order chi connectivity index (χ0) is 49.2. The molecule has 4 fully saturated rings. The second kappa shape index (κ2) is 26.0. The molecule has 5 aliphatic heterocycles. The monoisotopic (exact) mass is 953 g/mol. The number of carbonyl (C=O) groups excluding carboxylic acids is 2. The van der Waals surface area contributed by atoms with E-state index < -0.39 is 91.1 Å². The quantitative estimate of drug-likeness (QED) is 0.194. The Morgan fingerprint density at radius 3 is 2.19 bits per heavy atom. The molecule has 0 saturated carbocycles. The number of aliphatic hydroxyl groups excluding tert-OH is 2. The summed E-state index contributed by atoms with van der Waals surface area (Å²) in [6.45, 7) is 17.9. The predicted molar refractivity (Wildman–Crippen MR) is 252 cm³/mol. The van der Waals surface area contributed by atoms with E-state index in [1.807, 2.05) is 67.8 Å². The van der Waals surface area contributed by atoms with E-state index in [9.17, 15) is 24.9 Å². The van der Waals surface area contributed by atoms with Gasteiger partial charge in [0.05, 0.1) is 55.3 Å². The summed E-state index contributed by atoms with van der Waals surface area (Å²) in [7, 11) is 7.19. The second-order valence-corrected chi connectivity index (χ2v) is 20.8. The molecule has 16 nitrogen and oxygen atoms in total. The first-order chi connectivity index (χ1) is 31.7. The van der Waals surface area contributed by atoms with Crippen LogP contribution in [0.2, 0.25) is 0 Å². The van der Waals surface area contributed by atoms with E-state index >= 15 is 0 Å².